The first-order chi connectivity index (χ1) is 6.75. The average Bonchev–Trinajstić information content (AvgIpc) is 2.20. The number of hydroxylamine groups is 1. The van der Waals surface area contributed by atoms with Gasteiger partial charge >= 0.3 is 0 Å². The predicted octanol–water partition coefficient (Wildman–Crippen LogP) is 2.41. The van der Waals surface area contributed by atoms with Gasteiger partial charge in [-0.2, -0.15) is 0 Å². The van der Waals surface area contributed by atoms with Crippen LogP contribution in [0.3, 0.4) is 0 Å². The molecule has 0 spiro atoms. The largest absolute Gasteiger partial charge is 0.277 e. The minimum atomic E-state index is -0.136. The summed E-state index contributed by atoms with van der Waals surface area (Å²) in [5.74, 6) is 0.0848. The Kier molecular flexibility index (Phi) is 4.39. The van der Waals surface area contributed by atoms with Gasteiger partial charge in [-0.25, -0.2) is 5.48 Å². The van der Waals surface area contributed by atoms with Crippen molar-refractivity contribution in [2.45, 2.75) is 51.9 Å². The topological polar surface area (TPSA) is 38.3 Å². The van der Waals surface area contributed by atoms with Crippen LogP contribution in [-0.4, -0.2) is 13.0 Å². The van der Waals surface area contributed by atoms with Crippen LogP contribution in [-0.2, 0) is 9.63 Å². The first-order valence-electron chi connectivity index (χ1n) is 5.58. The lowest BCUT2D eigenvalue weighted by Crippen LogP contribution is -2.41. The van der Waals surface area contributed by atoms with Crippen LogP contribution >= 0.6 is 0 Å². The molecule has 0 aromatic carbocycles. The van der Waals surface area contributed by atoms with Gasteiger partial charge in [0.2, 0.25) is 5.91 Å². The van der Waals surface area contributed by atoms with Crippen molar-refractivity contribution in [3.63, 3.8) is 0 Å². The summed E-state index contributed by atoms with van der Waals surface area (Å²) in [7, 11) is 1.50. The quantitative estimate of drug-likeness (QED) is 0.706. The fourth-order valence-electron chi connectivity index (χ4n) is 2.50. The molecule has 1 fully saturated rings. The normalized spacial score (nSPS) is 20.4. The molecule has 0 aliphatic heterocycles. The third kappa shape index (κ3) is 2.47. The lowest BCUT2D eigenvalue weighted by atomic mass is 9.71. The molecule has 1 aliphatic rings. The summed E-state index contributed by atoms with van der Waals surface area (Å²) in [4.78, 5) is 16.6. The number of carbonyl (C=O) groups excluding carboxylic acids is 1. The Bertz CT molecular complexity index is 180. The van der Waals surface area contributed by atoms with E-state index >= 15 is 0 Å². The lowest BCUT2D eigenvalue weighted by molar-refractivity contribution is -0.144. The Balaban J connectivity index is 2.63. The smallest absolute Gasteiger partial charge is 0.249 e. The van der Waals surface area contributed by atoms with Gasteiger partial charge in [-0.3, -0.25) is 9.63 Å². The van der Waals surface area contributed by atoms with Crippen molar-refractivity contribution in [2.75, 3.05) is 7.11 Å². The fraction of sp³-hybridized carbons (Fsp3) is 0.909. The van der Waals surface area contributed by atoms with Crippen molar-refractivity contribution in [2.24, 2.45) is 5.41 Å². The van der Waals surface area contributed by atoms with Crippen molar-refractivity contribution in [3.05, 3.63) is 0 Å². The number of rotatable bonds is 4. The number of carbonyl (C=O) groups is 1. The highest BCUT2D eigenvalue weighted by molar-refractivity contribution is 5.81. The Morgan fingerprint density at radius 3 is 2.50 bits per heavy atom. The van der Waals surface area contributed by atoms with Crippen LogP contribution in [0.4, 0.5) is 0 Å². The van der Waals surface area contributed by atoms with Gasteiger partial charge in [-0.15, -0.1) is 0 Å². The SMILES string of the molecule is CCCC1(C(=O)NOC)CCCCC1. The number of nitrogens with one attached hydrogen (secondary N) is 1. The van der Waals surface area contributed by atoms with E-state index in [0.717, 1.165) is 25.7 Å². The number of amides is 1. The zero-order valence-electron chi connectivity index (χ0n) is 9.27. The van der Waals surface area contributed by atoms with Crippen LogP contribution < -0.4 is 5.48 Å². The van der Waals surface area contributed by atoms with E-state index in [0.29, 0.717) is 0 Å². The average molecular weight is 199 g/mol. The molecular weight excluding hydrogens is 178 g/mol. The van der Waals surface area contributed by atoms with Crippen LogP contribution in [0.5, 0.6) is 0 Å². The molecule has 1 aliphatic carbocycles. The number of hydrogen-bond donors (Lipinski definition) is 1. The molecule has 0 atom stereocenters. The molecule has 0 unspecified atom stereocenters. The van der Waals surface area contributed by atoms with Crippen molar-refractivity contribution >= 4 is 5.91 Å². The van der Waals surface area contributed by atoms with Gasteiger partial charge < -0.3 is 0 Å². The summed E-state index contributed by atoms with van der Waals surface area (Å²) in [6.07, 6.45) is 7.73. The van der Waals surface area contributed by atoms with E-state index in [-0.39, 0.29) is 11.3 Å². The second-order valence-corrected chi connectivity index (χ2v) is 4.23. The van der Waals surface area contributed by atoms with Crippen molar-refractivity contribution in [1.29, 1.82) is 0 Å². The molecule has 0 aromatic heterocycles. The molecule has 0 heterocycles. The van der Waals surface area contributed by atoms with Crippen molar-refractivity contribution < 1.29 is 9.63 Å². The third-order valence-electron chi connectivity index (χ3n) is 3.22. The summed E-state index contributed by atoms with van der Waals surface area (Å²) in [5.41, 5.74) is 2.37. The van der Waals surface area contributed by atoms with E-state index in [1.165, 1.54) is 26.4 Å². The third-order valence-corrected chi connectivity index (χ3v) is 3.22. The van der Waals surface area contributed by atoms with Gasteiger partial charge in [0, 0.05) is 0 Å². The zero-order chi connectivity index (χ0) is 10.4. The van der Waals surface area contributed by atoms with Crippen LogP contribution in [0.1, 0.15) is 51.9 Å². The van der Waals surface area contributed by atoms with Gasteiger partial charge in [0.1, 0.15) is 0 Å². The molecule has 0 bridgehead atoms. The van der Waals surface area contributed by atoms with Crippen LogP contribution in [0, 0.1) is 5.41 Å². The highest BCUT2D eigenvalue weighted by Crippen LogP contribution is 2.40. The summed E-state index contributed by atoms with van der Waals surface area (Å²) >= 11 is 0. The molecule has 3 heteroatoms. The molecule has 1 rings (SSSR count). The fourth-order valence-corrected chi connectivity index (χ4v) is 2.50. The summed E-state index contributed by atoms with van der Waals surface area (Å²) in [6.45, 7) is 2.14. The molecule has 14 heavy (non-hydrogen) atoms. The van der Waals surface area contributed by atoms with Gasteiger partial charge in [0.05, 0.1) is 12.5 Å². The Hall–Kier alpha value is -0.570. The molecular formula is C11H21NO2. The van der Waals surface area contributed by atoms with Crippen molar-refractivity contribution in [3.8, 4) is 0 Å². The maximum atomic E-state index is 11.9. The molecule has 0 radical (unpaired) electrons. The highest BCUT2D eigenvalue weighted by Gasteiger charge is 2.38. The van der Waals surface area contributed by atoms with Gasteiger partial charge in [0.25, 0.3) is 0 Å². The Labute approximate surface area is 86.2 Å². The first-order valence-corrected chi connectivity index (χ1v) is 5.58. The molecule has 1 saturated carbocycles. The van der Waals surface area contributed by atoms with Gasteiger partial charge in [-0.1, -0.05) is 32.6 Å². The summed E-state index contributed by atoms with van der Waals surface area (Å²) in [5, 5.41) is 0. The summed E-state index contributed by atoms with van der Waals surface area (Å²) < 4.78 is 0. The van der Waals surface area contributed by atoms with E-state index in [2.05, 4.69) is 12.4 Å². The molecule has 0 saturated heterocycles. The van der Waals surface area contributed by atoms with E-state index in [1.54, 1.807) is 0 Å². The zero-order valence-corrected chi connectivity index (χ0v) is 9.27. The van der Waals surface area contributed by atoms with Crippen LogP contribution in [0.2, 0.25) is 0 Å². The summed E-state index contributed by atoms with van der Waals surface area (Å²) in [6, 6.07) is 0. The Morgan fingerprint density at radius 2 is 2.00 bits per heavy atom. The highest BCUT2D eigenvalue weighted by atomic mass is 16.6. The van der Waals surface area contributed by atoms with Crippen LogP contribution in [0.25, 0.3) is 0 Å². The van der Waals surface area contributed by atoms with E-state index in [9.17, 15) is 4.79 Å². The maximum Gasteiger partial charge on any atom is 0.249 e. The molecule has 82 valence electrons. The van der Waals surface area contributed by atoms with Crippen molar-refractivity contribution in [1.82, 2.24) is 5.48 Å². The van der Waals surface area contributed by atoms with E-state index in [4.69, 9.17) is 4.84 Å². The van der Waals surface area contributed by atoms with E-state index < -0.39 is 0 Å². The molecule has 1 N–H and O–H groups in total. The van der Waals surface area contributed by atoms with Gasteiger partial charge in [0.15, 0.2) is 0 Å². The standard InChI is InChI=1S/C11H21NO2/c1-3-7-11(10(13)12-14-2)8-5-4-6-9-11/h3-9H2,1-2H3,(H,12,13). The van der Waals surface area contributed by atoms with Crippen LogP contribution in [0.15, 0.2) is 0 Å². The lowest BCUT2D eigenvalue weighted by Gasteiger charge is -2.35. The minimum absolute atomic E-state index is 0.0848. The molecule has 0 aromatic rings. The second-order valence-electron chi connectivity index (χ2n) is 4.23. The van der Waals surface area contributed by atoms with Gasteiger partial charge in [-0.05, 0) is 19.3 Å². The Morgan fingerprint density at radius 1 is 1.36 bits per heavy atom. The predicted molar refractivity (Wildman–Crippen MR) is 55.6 cm³/mol. The first kappa shape index (κ1) is 11.5. The molecule has 3 nitrogen and oxygen atoms in total. The second kappa shape index (κ2) is 5.35. The van der Waals surface area contributed by atoms with E-state index in [1.807, 2.05) is 0 Å². The minimum Gasteiger partial charge on any atom is -0.277 e. The molecule has 1 amide bonds. The monoisotopic (exact) mass is 199 g/mol. The number of hydrogen-bond acceptors (Lipinski definition) is 2. The maximum absolute atomic E-state index is 11.9.